The molecule has 0 radical (unpaired) electrons. The molecule has 17 heavy (non-hydrogen) atoms. The minimum absolute atomic E-state index is 0.0268. The second-order valence-corrected chi connectivity index (χ2v) is 2.91. The first-order chi connectivity index (χ1) is 8.21. The van der Waals surface area contributed by atoms with Gasteiger partial charge in [-0.15, -0.1) is 6.42 Å². The maximum absolute atomic E-state index is 11.1. The fraction of sp³-hybridized carbons (Fsp3) is 0.167. The lowest BCUT2D eigenvalue weighted by Crippen LogP contribution is -2.22. The molecule has 1 aromatic rings. The molecule has 86 valence electrons. The van der Waals surface area contributed by atoms with E-state index in [-0.39, 0.29) is 18.1 Å². The summed E-state index contributed by atoms with van der Waals surface area (Å²) in [6.45, 7) is 0.0268. The topological polar surface area (TPSA) is 71.3 Å². The van der Waals surface area contributed by atoms with Crippen molar-refractivity contribution in [2.75, 3.05) is 13.7 Å². The molecule has 0 aliphatic carbocycles. The van der Waals surface area contributed by atoms with Crippen molar-refractivity contribution in [1.82, 2.24) is 5.32 Å². The highest BCUT2D eigenvalue weighted by Crippen LogP contribution is 2.28. The first-order valence-electron chi connectivity index (χ1n) is 4.71. The molecule has 0 heterocycles. The Bertz CT molecular complexity index is 497. The van der Waals surface area contributed by atoms with E-state index in [1.54, 1.807) is 0 Å². The number of amides is 1. The quantitative estimate of drug-likeness (QED) is 0.794. The predicted molar refractivity (Wildman–Crippen MR) is 60.6 cm³/mol. The van der Waals surface area contributed by atoms with Crippen LogP contribution in [0.1, 0.15) is 5.56 Å². The molecule has 0 fully saturated rings. The van der Waals surface area contributed by atoms with Crippen LogP contribution in [0.25, 0.3) is 0 Å². The summed E-state index contributed by atoms with van der Waals surface area (Å²) in [5.41, 5.74) is 0.390. The van der Waals surface area contributed by atoms with E-state index in [0.717, 1.165) is 0 Å². The van der Waals surface area contributed by atoms with Gasteiger partial charge in [-0.3, -0.25) is 0 Å². The molecule has 1 aromatic carbocycles. The van der Waals surface area contributed by atoms with Crippen molar-refractivity contribution < 1.29 is 14.3 Å². The van der Waals surface area contributed by atoms with Crippen LogP contribution in [-0.2, 0) is 0 Å². The number of rotatable bonds is 3. The second-order valence-electron chi connectivity index (χ2n) is 2.91. The second kappa shape index (κ2) is 6.04. The van der Waals surface area contributed by atoms with Crippen LogP contribution >= 0.6 is 0 Å². The number of ether oxygens (including phenoxy) is 2. The van der Waals surface area contributed by atoms with Gasteiger partial charge in [-0.05, 0) is 12.1 Å². The third-order valence-electron chi connectivity index (χ3n) is 1.79. The largest absolute Gasteiger partial charge is 0.477 e. The monoisotopic (exact) mass is 230 g/mol. The Labute approximate surface area is 99.0 Å². The van der Waals surface area contributed by atoms with E-state index < -0.39 is 6.09 Å². The van der Waals surface area contributed by atoms with E-state index in [0.29, 0.717) is 5.56 Å². The van der Waals surface area contributed by atoms with Gasteiger partial charge >= 0.3 is 6.09 Å². The Morgan fingerprint density at radius 2 is 2.29 bits per heavy atom. The zero-order valence-electron chi connectivity index (χ0n) is 9.19. The lowest BCUT2D eigenvalue weighted by Gasteiger charge is -2.09. The molecule has 0 saturated carbocycles. The van der Waals surface area contributed by atoms with Crippen LogP contribution < -0.4 is 14.8 Å². The lowest BCUT2D eigenvalue weighted by molar-refractivity contribution is 0.200. The zero-order valence-corrected chi connectivity index (χ0v) is 9.19. The zero-order chi connectivity index (χ0) is 12.7. The molecule has 0 atom stereocenters. The third kappa shape index (κ3) is 3.44. The Morgan fingerprint density at radius 1 is 1.53 bits per heavy atom. The molecule has 0 saturated heterocycles. The molecular formula is C12H10N2O3. The van der Waals surface area contributed by atoms with E-state index in [1.807, 2.05) is 6.07 Å². The third-order valence-corrected chi connectivity index (χ3v) is 1.79. The van der Waals surface area contributed by atoms with Crippen LogP contribution in [-0.4, -0.2) is 19.7 Å². The number of hydrogen-bond acceptors (Lipinski definition) is 4. The van der Waals surface area contributed by atoms with Gasteiger partial charge in [-0.1, -0.05) is 5.92 Å². The van der Waals surface area contributed by atoms with E-state index in [9.17, 15) is 4.79 Å². The van der Waals surface area contributed by atoms with E-state index >= 15 is 0 Å². The molecule has 0 bridgehead atoms. The van der Waals surface area contributed by atoms with Crippen molar-refractivity contribution in [3.05, 3.63) is 23.8 Å². The molecule has 0 aliphatic heterocycles. The number of terminal acetylenes is 1. The molecule has 1 rings (SSSR count). The number of carbonyl (C=O) groups excluding carboxylic acids is 1. The van der Waals surface area contributed by atoms with Gasteiger partial charge in [0.2, 0.25) is 0 Å². The van der Waals surface area contributed by atoms with Gasteiger partial charge in [0.15, 0.2) is 11.5 Å². The van der Waals surface area contributed by atoms with Gasteiger partial charge in [0.25, 0.3) is 0 Å². The van der Waals surface area contributed by atoms with Gasteiger partial charge in [-0.2, -0.15) is 5.26 Å². The van der Waals surface area contributed by atoms with Crippen LogP contribution in [0.15, 0.2) is 18.2 Å². The van der Waals surface area contributed by atoms with Gasteiger partial charge in [0.05, 0.1) is 11.6 Å². The van der Waals surface area contributed by atoms with Crippen LogP contribution in [0.2, 0.25) is 0 Å². The van der Waals surface area contributed by atoms with Crippen molar-refractivity contribution in [3.8, 4) is 29.9 Å². The minimum atomic E-state index is -0.625. The van der Waals surface area contributed by atoms with Crippen LogP contribution in [0.5, 0.6) is 11.5 Å². The standard InChI is InChI=1S/C12H10N2O3/c1-3-6-16-11-7-9(8-13)4-5-10(11)17-12(15)14-2/h1,4-5,7H,6H2,2H3,(H,14,15). The van der Waals surface area contributed by atoms with Gasteiger partial charge in [0.1, 0.15) is 6.61 Å². The molecule has 0 unspecified atom stereocenters. The Morgan fingerprint density at radius 3 is 2.88 bits per heavy atom. The molecule has 5 heteroatoms. The van der Waals surface area contributed by atoms with Crippen molar-refractivity contribution >= 4 is 6.09 Å². The summed E-state index contributed by atoms with van der Waals surface area (Å²) in [6, 6.07) is 6.39. The van der Waals surface area contributed by atoms with Crippen molar-refractivity contribution in [2.24, 2.45) is 0 Å². The number of benzene rings is 1. The van der Waals surface area contributed by atoms with Crippen molar-refractivity contribution in [1.29, 1.82) is 5.26 Å². The summed E-state index contributed by atoms with van der Waals surface area (Å²) < 4.78 is 10.1. The number of nitrogens with zero attached hydrogens (tertiary/aromatic N) is 1. The van der Waals surface area contributed by atoms with Crippen LogP contribution in [0, 0.1) is 23.7 Å². The summed E-state index contributed by atoms with van der Waals surface area (Å²) in [7, 11) is 1.44. The lowest BCUT2D eigenvalue weighted by atomic mass is 10.2. The van der Waals surface area contributed by atoms with Crippen molar-refractivity contribution in [3.63, 3.8) is 0 Å². The van der Waals surface area contributed by atoms with E-state index in [2.05, 4.69) is 11.2 Å². The average Bonchev–Trinajstić information content (AvgIpc) is 2.37. The molecule has 5 nitrogen and oxygen atoms in total. The summed E-state index contributed by atoms with van der Waals surface area (Å²) in [6.07, 6.45) is 4.44. The Kier molecular flexibility index (Phi) is 4.41. The highest BCUT2D eigenvalue weighted by molar-refractivity contribution is 5.71. The summed E-state index contributed by atoms with van der Waals surface area (Å²) in [4.78, 5) is 11.1. The number of nitrogens with one attached hydrogen (secondary N) is 1. The van der Waals surface area contributed by atoms with Crippen LogP contribution in [0.3, 0.4) is 0 Å². The summed E-state index contributed by atoms with van der Waals surface area (Å²) in [5.74, 6) is 2.75. The smallest absolute Gasteiger partial charge is 0.412 e. The average molecular weight is 230 g/mol. The molecular weight excluding hydrogens is 220 g/mol. The SMILES string of the molecule is C#CCOc1cc(C#N)ccc1OC(=O)NC. The number of hydrogen-bond donors (Lipinski definition) is 1. The summed E-state index contributed by atoms with van der Waals surface area (Å²) in [5, 5.41) is 11.0. The Balaban J connectivity index is 2.99. The normalized spacial score (nSPS) is 8.65. The molecule has 0 spiro atoms. The fourth-order valence-corrected chi connectivity index (χ4v) is 1.05. The van der Waals surface area contributed by atoms with Gasteiger partial charge in [0, 0.05) is 13.1 Å². The number of nitriles is 1. The number of carbonyl (C=O) groups is 1. The summed E-state index contributed by atoms with van der Waals surface area (Å²) >= 11 is 0. The molecule has 1 amide bonds. The first kappa shape index (κ1) is 12.4. The Hall–Kier alpha value is -2.66. The molecule has 0 aliphatic rings. The fourth-order valence-electron chi connectivity index (χ4n) is 1.05. The van der Waals surface area contributed by atoms with Crippen molar-refractivity contribution in [2.45, 2.75) is 0 Å². The van der Waals surface area contributed by atoms with E-state index in [4.69, 9.17) is 21.2 Å². The maximum Gasteiger partial charge on any atom is 0.412 e. The van der Waals surface area contributed by atoms with E-state index in [1.165, 1.54) is 25.2 Å². The van der Waals surface area contributed by atoms with Gasteiger partial charge in [-0.25, -0.2) is 4.79 Å². The molecule has 0 aromatic heterocycles. The highest BCUT2D eigenvalue weighted by atomic mass is 16.6. The van der Waals surface area contributed by atoms with Crippen LogP contribution in [0.4, 0.5) is 4.79 Å². The first-order valence-corrected chi connectivity index (χ1v) is 4.71. The van der Waals surface area contributed by atoms with Gasteiger partial charge < -0.3 is 14.8 Å². The minimum Gasteiger partial charge on any atom is -0.477 e. The maximum atomic E-state index is 11.1. The highest BCUT2D eigenvalue weighted by Gasteiger charge is 2.10. The molecule has 1 N–H and O–H groups in total. The predicted octanol–water partition coefficient (Wildman–Crippen LogP) is 1.29.